The standard InChI is InChI=1S/C14H22N2OS.ClH/c1-3-15-11-12-7-4-5-8-13(12)16-14(17)9-6-10-18-2;/h4-5,7-8,15H,3,6,9-11H2,1-2H3,(H,16,17);1H. The fraction of sp³-hybridized carbons (Fsp3) is 0.500. The molecule has 1 aromatic carbocycles. The van der Waals surface area contributed by atoms with E-state index in [2.05, 4.69) is 23.8 Å². The van der Waals surface area contributed by atoms with Crippen molar-refractivity contribution in [2.45, 2.75) is 26.3 Å². The van der Waals surface area contributed by atoms with Crippen LogP contribution in [0.15, 0.2) is 24.3 Å². The van der Waals surface area contributed by atoms with Crippen LogP contribution >= 0.6 is 24.2 Å². The van der Waals surface area contributed by atoms with Gasteiger partial charge in [0.05, 0.1) is 0 Å². The van der Waals surface area contributed by atoms with Gasteiger partial charge in [0.1, 0.15) is 0 Å². The average molecular weight is 303 g/mol. The predicted octanol–water partition coefficient (Wildman–Crippen LogP) is 3.30. The van der Waals surface area contributed by atoms with Gasteiger partial charge in [0.2, 0.25) is 5.91 Å². The van der Waals surface area contributed by atoms with E-state index in [0.717, 1.165) is 36.5 Å². The molecule has 0 saturated carbocycles. The lowest BCUT2D eigenvalue weighted by Gasteiger charge is -2.11. The van der Waals surface area contributed by atoms with Crippen LogP contribution in [0.1, 0.15) is 25.3 Å². The number of hydrogen-bond acceptors (Lipinski definition) is 3. The molecule has 0 aliphatic heterocycles. The summed E-state index contributed by atoms with van der Waals surface area (Å²) in [5.74, 6) is 1.14. The molecule has 108 valence electrons. The van der Waals surface area contributed by atoms with Crippen molar-refractivity contribution in [1.82, 2.24) is 5.32 Å². The smallest absolute Gasteiger partial charge is 0.224 e. The van der Waals surface area contributed by atoms with Gasteiger partial charge in [-0.25, -0.2) is 0 Å². The molecular formula is C14H23ClN2OS. The molecule has 0 aromatic heterocycles. The third-order valence-corrected chi connectivity index (χ3v) is 3.31. The summed E-state index contributed by atoms with van der Waals surface area (Å²) in [6.45, 7) is 3.79. The van der Waals surface area contributed by atoms with Gasteiger partial charge in [-0.15, -0.1) is 12.4 Å². The molecule has 0 radical (unpaired) electrons. The van der Waals surface area contributed by atoms with Gasteiger partial charge in [0.25, 0.3) is 0 Å². The first kappa shape index (κ1) is 18.3. The number of thioether (sulfide) groups is 1. The molecule has 3 nitrogen and oxygen atoms in total. The van der Waals surface area contributed by atoms with Crippen molar-refractivity contribution < 1.29 is 4.79 Å². The lowest BCUT2D eigenvalue weighted by molar-refractivity contribution is -0.116. The van der Waals surface area contributed by atoms with Crippen LogP contribution in [0.4, 0.5) is 5.69 Å². The molecule has 19 heavy (non-hydrogen) atoms. The third-order valence-electron chi connectivity index (χ3n) is 2.61. The van der Waals surface area contributed by atoms with E-state index in [4.69, 9.17) is 0 Å². The summed E-state index contributed by atoms with van der Waals surface area (Å²) >= 11 is 1.77. The van der Waals surface area contributed by atoms with Crippen molar-refractivity contribution >= 4 is 35.8 Å². The largest absolute Gasteiger partial charge is 0.326 e. The fourth-order valence-electron chi connectivity index (χ4n) is 1.65. The second-order valence-electron chi connectivity index (χ2n) is 4.08. The molecule has 0 heterocycles. The van der Waals surface area contributed by atoms with Gasteiger partial charge in [-0.2, -0.15) is 11.8 Å². The highest BCUT2D eigenvalue weighted by Gasteiger charge is 2.05. The van der Waals surface area contributed by atoms with E-state index in [1.54, 1.807) is 11.8 Å². The van der Waals surface area contributed by atoms with E-state index in [0.29, 0.717) is 6.42 Å². The highest BCUT2D eigenvalue weighted by molar-refractivity contribution is 7.98. The normalized spacial score (nSPS) is 9.79. The minimum absolute atomic E-state index is 0. The molecule has 1 aromatic rings. The van der Waals surface area contributed by atoms with Gasteiger partial charge in [-0.05, 0) is 36.6 Å². The topological polar surface area (TPSA) is 41.1 Å². The Morgan fingerprint density at radius 2 is 2.05 bits per heavy atom. The highest BCUT2D eigenvalue weighted by atomic mass is 35.5. The van der Waals surface area contributed by atoms with Crippen LogP contribution < -0.4 is 10.6 Å². The summed E-state index contributed by atoms with van der Waals surface area (Å²) in [4.78, 5) is 11.8. The molecule has 0 aliphatic carbocycles. The summed E-state index contributed by atoms with van der Waals surface area (Å²) in [5, 5.41) is 6.27. The van der Waals surface area contributed by atoms with Crippen molar-refractivity contribution in [3.63, 3.8) is 0 Å². The van der Waals surface area contributed by atoms with Crippen LogP contribution in [-0.4, -0.2) is 24.5 Å². The molecular weight excluding hydrogens is 280 g/mol. The van der Waals surface area contributed by atoms with E-state index >= 15 is 0 Å². The summed E-state index contributed by atoms with van der Waals surface area (Å²) < 4.78 is 0. The SMILES string of the molecule is CCNCc1ccccc1NC(=O)CCCSC.Cl. The lowest BCUT2D eigenvalue weighted by Crippen LogP contribution is -2.16. The molecule has 0 bridgehead atoms. The first-order valence-electron chi connectivity index (χ1n) is 6.35. The summed E-state index contributed by atoms with van der Waals surface area (Å²) in [7, 11) is 0. The van der Waals surface area contributed by atoms with Crippen LogP contribution in [0, 0.1) is 0 Å². The molecule has 2 N–H and O–H groups in total. The Kier molecular flexibility index (Phi) is 10.7. The molecule has 0 aliphatic rings. The Labute approximate surface area is 126 Å². The fourth-order valence-corrected chi connectivity index (χ4v) is 2.08. The van der Waals surface area contributed by atoms with Crippen LogP contribution in [0.25, 0.3) is 0 Å². The van der Waals surface area contributed by atoms with Gasteiger partial charge < -0.3 is 10.6 Å². The Bertz CT molecular complexity index is 374. The van der Waals surface area contributed by atoms with Crippen molar-refractivity contribution in [2.24, 2.45) is 0 Å². The average Bonchev–Trinajstić information content (AvgIpc) is 2.38. The summed E-state index contributed by atoms with van der Waals surface area (Å²) in [6.07, 6.45) is 3.59. The second kappa shape index (κ2) is 11.1. The first-order valence-corrected chi connectivity index (χ1v) is 7.74. The van der Waals surface area contributed by atoms with E-state index < -0.39 is 0 Å². The van der Waals surface area contributed by atoms with Crippen molar-refractivity contribution in [2.75, 3.05) is 23.9 Å². The number of hydrogen-bond donors (Lipinski definition) is 2. The molecule has 0 unspecified atom stereocenters. The predicted molar refractivity (Wildman–Crippen MR) is 87.3 cm³/mol. The number of nitrogens with one attached hydrogen (secondary N) is 2. The highest BCUT2D eigenvalue weighted by Crippen LogP contribution is 2.15. The molecule has 5 heteroatoms. The number of amides is 1. The zero-order chi connectivity index (χ0) is 13.2. The van der Waals surface area contributed by atoms with Gasteiger partial charge >= 0.3 is 0 Å². The maximum atomic E-state index is 11.8. The number of carbonyl (C=O) groups excluding carboxylic acids is 1. The van der Waals surface area contributed by atoms with Crippen LogP contribution in [-0.2, 0) is 11.3 Å². The van der Waals surface area contributed by atoms with Gasteiger partial charge in [-0.1, -0.05) is 25.1 Å². The Balaban J connectivity index is 0.00000324. The number of halogens is 1. The van der Waals surface area contributed by atoms with Crippen molar-refractivity contribution in [1.29, 1.82) is 0 Å². The van der Waals surface area contributed by atoms with Gasteiger partial charge in [0, 0.05) is 18.7 Å². The maximum Gasteiger partial charge on any atom is 0.224 e. The minimum atomic E-state index is 0. The molecule has 0 spiro atoms. The molecule has 0 atom stereocenters. The third kappa shape index (κ3) is 7.45. The molecule has 1 amide bonds. The van der Waals surface area contributed by atoms with E-state index in [1.165, 1.54) is 0 Å². The number of rotatable bonds is 8. The second-order valence-corrected chi connectivity index (χ2v) is 5.07. The Morgan fingerprint density at radius 1 is 1.32 bits per heavy atom. The Hall–Kier alpha value is -0.710. The van der Waals surface area contributed by atoms with E-state index in [1.807, 2.05) is 24.3 Å². The van der Waals surface area contributed by atoms with Crippen LogP contribution in [0.2, 0.25) is 0 Å². The molecule has 0 fully saturated rings. The minimum Gasteiger partial charge on any atom is -0.326 e. The lowest BCUT2D eigenvalue weighted by atomic mass is 10.1. The van der Waals surface area contributed by atoms with Crippen LogP contribution in [0.5, 0.6) is 0 Å². The zero-order valence-electron chi connectivity index (χ0n) is 11.6. The zero-order valence-corrected chi connectivity index (χ0v) is 13.2. The molecule has 1 rings (SSSR count). The van der Waals surface area contributed by atoms with Crippen molar-refractivity contribution in [3.8, 4) is 0 Å². The first-order chi connectivity index (χ1) is 8.77. The van der Waals surface area contributed by atoms with Crippen molar-refractivity contribution in [3.05, 3.63) is 29.8 Å². The Morgan fingerprint density at radius 3 is 2.74 bits per heavy atom. The summed E-state index contributed by atoms with van der Waals surface area (Å²) in [5.41, 5.74) is 2.06. The number of para-hydroxylation sites is 1. The summed E-state index contributed by atoms with van der Waals surface area (Å²) in [6, 6.07) is 7.95. The quantitative estimate of drug-likeness (QED) is 0.724. The van der Waals surface area contributed by atoms with E-state index in [-0.39, 0.29) is 18.3 Å². The number of benzene rings is 1. The van der Waals surface area contributed by atoms with Gasteiger partial charge in [0.15, 0.2) is 0 Å². The molecule has 0 saturated heterocycles. The van der Waals surface area contributed by atoms with Crippen LogP contribution in [0.3, 0.4) is 0 Å². The maximum absolute atomic E-state index is 11.8. The van der Waals surface area contributed by atoms with E-state index in [9.17, 15) is 4.79 Å². The number of anilines is 1. The number of carbonyl (C=O) groups is 1. The van der Waals surface area contributed by atoms with Gasteiger partial charge in [-0.3, -0.25) is 4.79 Å². The monoisotopic (exact) mass is 302 g/mol.